The molecule has 0 aliphatic heterocycles. The minimum atomic E-state index is -0.320. The minimum Gasteiger partial charge on any atom is -0.463 e. The molecule has 0 saturated heterocycles. The van der Waals surface area contributed by atoms with Crippen LogP contribution in [0.1, 0.15) is 28.7 Å². The maximum atomic E-state index is 12.4. The zero-order chi connectivity index (χ0) is 18.9. The van der Waals surface area contributed by atoms with Crippen LogP contribution in [-0.4, -0.2) is 29.2 Å². The predicted octanol–water partition coefficient (Wildman–Crippen LogP) is 2.65. The minimum absolute atomic E-state index is 0.320. The average Bonchev–Trinajstić information content (AvgIpc) is 3.09. The molecule has 0 atom stereocenters. The Bertz CT molecular complexity index is 802. The van der Waals surface area contributed by atoms with E-state index in [1.165, 1.54) is 17.6 Å². The Labute approximate surface area is 155 Å². The Morgan fingerprint density at radius 3 is 2.88 bits per heavy atom. The monoisotopic (exact) mass is 374 g/mol. The van der Waals surface area contributed by atoms with Crippen molar-refractivity contribution in [3.63, 3.8) is 0 Å². The number of aromatic nitrogens is 2. The predicted molar refractivity (Wildman–Crippen MR) is 106 cm³/mol. The number of nitrogens with one attached hydrogen (secondary N) is 2. The SMILES string of the molecule is C=CO/C(=C\C)c1nnc(NC(=O)c2ccc(NCCCN)c(N)c2)s1. The van der Waals surface area contributed by atoms with Gasteiger partial charge >= 0.3 is 0 Å². The standard InChI is InChI=1S/C17H22N6O2S/c1-3-14(25-4-2)16-22-23-17(26-16)21-15(24)11-6-7-13(12(19)10-11)20-9-5-8-18/h3-4,6-7,10,20H,2,5,8-9,18-19H2,1H3,(H,21,23,24)/b14-3-. The van der Waals surface area contributed by atoms with Crippen molar-refractivity contribution in [1.82, 2.24) is 10.2 Å². The summed E-state index contributed by atoms with van der Waals surface area (Å²) in [6.45, 7) is 6.64. The molecule has 26 heavy (non-hydrogen) atoms. The van der Waals surface area contributed by atoms with Crippen LogP contribution < -0.4 is 22.1 Å². The smallest absolute Gasteiger partial charge is 0.257 e. The zero-order valence-electron chi connectivity index (χ0n) is 14.5. The first-order valence-corrected chi connectivity index (χ1v) is 8.83. The topological polar surface area (TPSA) is 128 Å². The number of nitrogen functional groups attached to an aromatic ring is 1. The second-order valence-electron chi connectivity index (χ2n) is 5.17. The molecule has 138 valence electrons. The molecule has 0 spiro atoms. The molecule has 1 aromatic carbocycles. The molecule has 0 radical (unpaired) electrons. The molecule has 1 heterocycles. The molecular formula is C17H22N6O2S. The van der Waals surface area contributed by atoms with Crippen LogP contribution in [0.5, 0.6) is 0 Å². The number of carbonyl (C=O) groups is 1. The van der Waals surface area contributed by atoms with Crippen LogP contribution >= 0.6 is 11.3 Å². The van der Waals surface area contributed by atoms with Crippen LogP contribution in [-0.2, 0) is 4.74 Å². The van der Waals surface area contributed by atoms with E-state index in [0.29, 0.717) is 33.7 Å². The molecule has 8 nitrogen and oxygen atoms in total. The van der Waals surface area contributed by atoms with Gasteiger partial charge < -0.3 is 21.5 Å². The van der Waals surface area contributed by atoms with Gasteiger partial charge in [0.1, 0.15) is 0 Å². The van der Waals surface area contributed by atoms with Crippen LogP contribution in [0, 0.1) is 0 Å². The molecular weight excluding hydrogens is 352 g/mol. The number of ether oxygens (including phenoxy) is 1. The van der Waals surface area contributed by atoms with Gasteiger partial charge in [-0.1, -0.05) is 17.9 Å². The Morgan fingerprint density at radius 1 is 1.42 bits per heavy atom. The third-order valence-corrected chi connectivity index (χ3v) is 4.19. The number of nitrogens with two attached hydrogens (primary N) is 2. The summed E-state index contributed by atoms with van der Waals surface area (Å²) in [6.07, 6.45) is 3.89. The third-order valence-electron chi connectivity index (χ3n) is 3.34. The van der Waals surface area contributed by atoms with E-state index in [9.17, 15) is 4.79 Å². The number of benzene rings is 1. The molecule has 0 bridgehead atoms. The first kappa shape index (κ1) is 19.4. The number of nitrogens with zero attached hydrogens (tertiary/aromatic N) is 2. The highest BCUT2D eigenvalue weighted by molar-refractivity contribution is 7.16. The van der Waals surface area contributed by atoms with Gasteiger partial charge in [0.25, 0.3) is 5.91 Å². The molecule has 1 amide bonds. The summed E-state index contributed by atoms with van der Waals surface area (Å²) in [5, 5.41) is 14.7. The summed E-state index contributed by atoms with van der Waals surface area (Å²) >= 11 is 1.20. The highest BCUT2D eigenvalue weighted by atomic mass is 32.1. The van der Waals surface area contributed by atoms with Crippen LogP contribution in [0.15, 0.2) is 37.1 Å². The summed E-state index contributed by atoms with van der Waals surface area (Å²) in [7, 11) is 0. The number of allylic oxidation sites excluding steroid dienone is 1. The number of amides is 1. The van der Waals surface area contributed by atoms with Gasteiger partial charge in [-0.25, -0.2) is 0 Å². The Hall–Kier alpha value is -2.91. The van der Waals surface area contributed by atoms with Gasteiger partial charge in [-0.05, 0) is 44.2 Å². The molecule has 0 aliphatic carbocycles. The van der Waals surface area contributed by atoms with Gasteiger partial charge in [-0.2, -0.15) is 0 Å². The maximum absolute atomic E-state index is 12.4. The van der Waals surface area contributed by atoms with Crippen molar-refractivity contribution in [2.75, 3.05) is 29.5 Å². The first-order chi connectivity index (χ1) is 12.6. The fourth-order valence-electron chi connectivity index (χ4n) is 2.06. The summed E-state index contributed by atoms with van der Waals surface area (Å²) in [5.74, 6) is 0.203. The van der Waals surface area contributed by atoms with Crippen molar-refractivity contribution < 1.29 is 9.53 Å². The zero-order valence-corrected chi connectivity index (χ0v) is 15.3. The van der Waals surface area contributed by atoms with E-state index in [1.807, 2.05) is 6.92 Å². The van der Waals surface area contributed by atoms with Crippen LogP contribution in [0.25, 0.3) is 5.76 Å². The quantitative estimate of drug-likeness (QED) is 0.302. The first-order valence-electron chi connectivity index (χ1n) is 8.01. The van der Waals surface area contributed by atoms with Gasteiger partial charge in [0.15, 0.2) is 10.8 Å². The normalized spacial score (nSPS) is 11.1. The fourth-order valence-corrected chi connectivity index (χ4v) is 2.82. The van der Waals surface area contributed by atoms with Gasteiger partial charge in [-0.15, -0.1) is 10.2 Å². The summed E-state index contributed by atoms with van der Waals surface area (Å²) in [5.41, 5.74) is 13.1. The second-order valence-corrected chi connectivity index (χ2v) is 6.15. The summed E-state index contributed by atoms with van der Waals surface area (Å²) in [6, 6.07) is 5.07. The van der Waals surface area contributed by atoms with Crippen molar-refractivity contribution in [3.8, 4) is 0 Å². The number of carbonyl (C=O) groups excluding carboxylic acids is 1. The average molecular weight is 374 g/mol. The lowest BCUT2D eigenvalue weighted by Crippen LogP contribution is -2.13. The third kappa shape index (κ3) is 5.04. The molecule has 2 rings (SSSR count). The molecule has 0 unspecified atom stereocenters. The molecule has 0 aliphatic rings. The Balaban J connectivity index is 2.05. The van der Waals surface area contributed by atoms with Crippen LogP contribution in [0.3, 0.4) is 0 Å². The lowest BCUT2D eigenvalue weighted by atomic mass is 10.1. The van der Waals surface area contributed by atoms with E-state index >= 15 is 0 Å². The second kappa shape index (κ2) is 9.54. The van der Waals surface area contributed by atoms with Crippen LogP contribution in [0.4, 0.5) is 16.5 Å². The maximum Gasteiger partial charge on any atom is 0.257 e. The summed E-state index contributed by atoms with van der Waals surface area (Å²) < 4.78 is 5.24. The van der Waals surface area contributed by atoms with E-state index in [0.717, 1.165) is 18.7 Å². The molecule has 2 aromatic rings. The van der Waals surface area contributed by atoms with Crippen molar-refractivity contribution in [3.05, 3.63) is 47.7 Å². The van der Waals surface area contributed by atoms with Gasteiger partial charge in [0, 0.05) is 12.1 Å². The summed E-state index contributed by atoms with van der Waals surface area (Å²) in [4.78, 5) is 12.4. The van der Waals surface area contributed by atoms with Gasteiger partial charge in [-0.3, -0.25) is 10.1 Å². The molecule has 6 N–H and O–H groups in total. The Kier molecular flexibility index (Phi) is 7.12. The lowest BCUT2D eigenvalue weighted by Gasteiger charge is -2.10. The van der Waals surface area contributed by atoms with Crippen molar-refractivity contribution in [1.29, 1.82) is 0 Å². The van der Waals surface area contributed by atoms with Crippen molar-refractivity contribution in [2.45, 2.75) is 13.3 Å². The number of hydrogen-bond acceptors (Lipinski definition) is 8. The lowest BCUT2D eigenvalue weighted by molar-refractivity contribution is 0.102. The number of rotatable bonds is 9. The van der Waals surface area contributed by atoms with E-state index in [2.05, 4.69) is 27.4 Å². The fraction of sp³-hybridized carbons (Fsp3) is 0.235. The van der Waals surface area contributed by atoms with E-state index in [4.69, 9.17) is 16.2 Å². The van der Waals surface area contributed by atoms with E-state index in [1.54, 1.807) is 24.3 Å². The largest absolute Gasteiger partial charge is 0.463 e. The number of anilines is 3. The van der Waals surface area contributed by atoms with Crippen LogP contribution in [0.2, 0.25) is 0 Å². The van der Waals surface area contributed by atoms with Gasteiger partial charge in [0.2, 0.25) is 5.13 Å². The molecule has 0 saturated carbocycles. The molecule has 9 heteroatoms. The Morgan fingerprint density at radius 2 is 2.23 bits per heavy atom. The van der Waals surface area contributed by atoms with Crippen molar-refractivity contribution >= 4 is 39.5 Å². The molecule has 0 fully saturated rings. The van der Waals surface area contributed by atoms with Crippen molar-refractivity contribution in [2.24, 2.45) is 5.73 Å². The van der Waals surface area contributed by atoms with E-state index < -0.39 is 0 Å². The highest BCUT2D eigenvalue weighted by Gasteiger charge is 2.14. The van der Waals surface area contributed by atoms with Gasteiger partial charge in [0.05, 0.1) is 17.6 Å². The number of hydrogen-bond donors (Lipinski definition) is 4. The molecule has 1 aromatic heterocycles. The highest BCUT2D eigenvalue weighted by Crippen LogP contribution is 2.25. The van der Waals surface area contributed by atoms with E-state index in [-0.39, 0.29) is 5.91 Å².